The Bertz CT molecular complexity index is 1110. The van der Waals surface area contributed by atoms with Crippen LogP contribution in [0.3, 0.4) is 0 Å². The molecule has 1 heterocycles. The van der Waals surface area contributed by atoms with E-state index < -0.39 is 15.7 Å². The Morgan fingerprint density at radius 3 is 2.29 bits per heavy atom. The number of amides is 1. The van der Waals surface area contributed by atoms with Gasteiger partial charge in [-0.2, -0.15) is 0 Å². The lowest BCUT2D eigenvalue weighted by molar-refractivity contribution is 0.0929. The van der Waals surface area contributed by atoms with E-state index in [1.54, 1.807) is 54.9 Å². The number of carbonyl (C=O) groups excluding carboxylic acids is 1. The maximum atomic E-state index is 12.5. The van der Waals surface area contributed by atoms with Crippen LogP contribution >= 0.6 is 11.6 Å². The molecule has 28 heavy (non-hydrogen) atoms. The number of aryl methyl sites for hydroxylation is 1. The molecule has 1 N–H and O–H groups in total. The van der Waals surface area contributed by atoms with Crippen molar-refractivity contribution in [3.8, 4) is 5.69 Å². The van der Waals surface area contributed by atoms with Crippen molar-refractivity contribution in [2.45, 2.75) is 24.8 Å². The summed E-state index contributed by atoms with van der Waals surface area (Å²) in [4.78, 5) is 17.0. The first-order chi connectivity index (χ1) is 13.1. The van der Waals surface area contributed by atoms with Crippen LogP contribution in [0.25, 0.3) is 5.69 Å². The highest BCUT2D eigenvalue weighted by Crippen LogP contribution is 2.17. The van der Waals surface area contributed by atoms with Gasteiger partial charge in [0, 0.05) is 11.3 Å². The van der Waals surface area contributed by atoms with Crippen molar-refractivity contribution >= 4 is 27.3 Å². The number of benzene rings is 2. The van der Waals surface area contributed by atoms with Gasteiger partial charge in [0.2, 0.25) is 5.82 Å². The van der Waals surface area contributed by atoms with Crippen molar-refractivity contribution in [2.75, 3.05) is 6.26 Å². The van der Waals surface area contributed by atoms with Crippen molar-refractivity contribution in [3.63, 3.8) is 0 Å². The van der Waals surface area contributed by atoms with Crippen molar-refractivity contribution in [3.05, 3.63) is 70.8 Å². The van der Waals surface area contributed by atoms with Crippen LogP contribution < -0.4 is 5.32 Å². The summed E-state index contributed by atoms with van der Waals surface area (Å²) in [7, 11) is -3.26. The molecule has 0 spiro atoms. The average Bonchev–Trinajstić information content (AvgIpc) is 3.03. The highest BCUT2D eigenvalue weighted by atomic mass is 35.5. The molecule has 146 valence electrons. The third kappa shape index (κ3) is 4.40. The number of hydrogen-bond donors (Lipinski definition) is 1. The quantitative estimate of drug-likeness (QED) is 0.687. The molecule has 1 aromatic heterocycles. The summed E-state index contributed by atoms with van der Waals surface area (Å²) in [5.41, 5.74) is 1.52. The molecular weight excluding hydrogens is 400 g/mol. The highest BCUT2D eigenvalue weighted by molar-refractivity contribution is 7.90. The molecule has 1 amide bonds. The van der Waals surface area contributed by atoms with Gasteiger partial charge in [0.05, 0.1) is 16.6 Å². The first-order valence-corrected chi connectivity index (χ1v) is 10.7. The Labute approximate surface area is 168 Å². The minimum Gasteiger partial charge on any atom is -0.343 e. The van der Waals surface area contributed by atoms with Crippen LogP contribution in [0.2, 0.25) is 5.02 Å². The average molecular weight is 419 g/mol. The summed E-state index contributed by atoms with van der Waals surface area (Å²) in [6.45, 7) is 3.56. The van der Waals surface area contributed by atoms with Gasteiger partial charge in [-0.05, 0) is 55.8 Å². The maximum absolute atomic E-state index is 12.5. The van der Waals surface area contributed by atoms with Gasteiger partial charge >= 0.3 is 0 Å². The van der Waals surface area contributed by atoms with E-state index in [9.17, 15) is 13.2 Å². The van der Waals surface area contributed by atoms with Gasteiger partial charge in [-0.3, -0.25) is 4.79 Å². The maximum Gasteiger partial charge on any atom is 0.291 e. The van der Waals surface area contributed by atoms with Crippen LogP contribution in [0.15, 0.2) is 53.4 Å². The number of nitrogens with one attached hydrogen (secondary N) is 1. The second-order valence-corrected chi connectivity index (χ2v) is 8.86. The molecule has 2 aromatic carbocycles. The first-order valence-electron chi connectivity index (χ1n) is 8.45. The number of sulfone groups is 1. The third-order valence-electron chi connectivity index (χ3n) is 4.20. The number of carbonyl (C=O) groups is 1. The lowest BCUT2D eigenvalue weighted by Crippen LogP contribution is -2.27. The fourth-order valence-corrected chi connectivity index (χ4v) is 3.42. The standard InChI is InChI=1S/C19H19ClN4O3S/c1-12(14-4-10-17(11-5-14)28(3,26)27)21-19(25)18-22-13(2)24(23-18)16-8-6-15(20)7-9-16/h4-12H,1-3H3,(H,21,25)/t12-/m1/s1. The summed E-state index contributed by atoms with van der Waals surface area (Å²) in [5, 5.41) is 7.70. The van der Waals surface area contributed by atoms with Crippen LogP contribution in [0.4, 0.5) is 0 Å². The van der Waals surface area contributed by atoms with Gasteiger partial charge in [-0.25, -0.2) is 18.1 Å². The van der Waals surface area contributed by atoms with Gasteiger partial charge in [-0.1, -0.05) is 23.7 Å². The van der Waals surface area contributed by atoms with Gasteiger partial charge < -0.3 is 5.32 Å². The Hall–Kier alpha value is -2.71. The molecule has 0 aliphatic rings. The van der Waals surface area contributed by atoms with Crippen molar-refractivity contribution in [2.24, 2.45) is 0 Å². The van der Waals surface area contributed by atoms with Crippen molar-refractivity contribution < 1.29 is 13.2 Å². The van der Waals surface area contributed by atoms with Crippen LogP contribution in [0.5, 0.6) is 0 Å². The lowest BCUT2D eigenvalue weighted by atomic mass is 10.1. The van der Waals surface area contributed by atoms with E-state index in [-0.39, 0.29) is 16.8 Å². The fourth-order valence-electron chi connectivity index (χ4n) is 2.66. The van der Waals surface area contributed by atoms with E-state index in [0.717, 1.165) is 17.5 Å². The smallest absolute Gasteiger partial charge is 0.291 e. The predicted molar refractivity (Wildman–Crippen MR) is 107 cm³/mol. The van der Waals surface area contributed by atoms with Crippen LogP contribution in [0, 0.1) is 6.92 Å². The first kappa shape index (κ1) is 20.0. The van der Waals surface area contributed by atoms with E-state index >= 15 is 0 Å². The molecule has 0 unspecified atom stereocenters. The molecule has 0 fully saturated rings. The molecule has 9 heteroatoms. The highest BCUT2D eigenvalue weighted by Gasteiger charge is 2.18. The summed E-state index contributed by atoms with van der Waals surface area (Å²) in [6, 6.07) is 13.1. The topological polar surface area (TPSA) is 93.9 Å². The van der Waals surface area contributed by atoms with Gasteiger partial charge in [0.25, 0.3) is 5.91 Å². The molecule has 0 bridgehead atoms. The molecule has 0 saturated carbocycles. The molecule has 0 aliphatic carbocycles. The molecule has 0 aliphatic heterocycles. The fraction of sp³-hybridized carbons (Fsp3) is 0.211. The number of nitrogens with zero attached hydrogens (tertiary/aromatic N) is 3. The Balaban J connectivity index is 1.76. The van der Waals surface area contributed by atoms with Crippen LogP contribution in [0.1, 0.15) is 35.0 Å². The molecule has 3 aromatic rings. The normalized spacial score (nSPS) is 12.6. The lowest BCUT2D eigenvalue weighted by Gasteiger charge is -2.13. The molecular formula is C19H19ClN4O3S. The minimum absolute atomic E-state index is 0.0482. The number of aromatic nitrogens is 3. The van der Waals surface area contributed by atoms with Crippen LogP contribution in [-0.2, 0) is 9.84 Å². The monoisotopic (exact) mass is 418 g/mol. The number of rotatable bonds is 5. The minimum atomic E-state index is -3.26. The number of hydrogen-bond acceptors (Lipinski definition) is 5. The zero-order valence-electron chi connectivity index (χ0n) is 15.5. The SMILES string of the molecule is Cc1nc(C(=O)N[C@H](C)c2ccc(S(C)(=O)=O)cc2)nn1-c1ccc(Cl)cc1. The van der Waals surface area contributed by atoms with Crippen molar-refractivity contribution in [1.29, 1.82) is 0 Å². The molecule has 0 radical (unpaired) electrons. The molecule has 1 atom stereocenters. The zero-order valence-corrected chi connectivity index (χ0v) is 17.1. The van der Waals surface area contributed by atoms with E-state index in [4.69, 9.17) is 11.6 Å². The van der Waals surface area contributed by atoms with E-state index in [2.05, 4.69) is 15.4 Å². The van der Waals surface area contributed by atoms with Crippen LogP contribution in [-0.4, -0.2) is 35.3 Å². The molecule has 7 nitrogen and oxygen atoms in total. The zero-order chi connectivity index (χ0) is 20.5. The van der Waals surface area contributed by atoms with Gasteiger partial charge in [0.15, 0.2) is 9.84 Å². The van der Waals surface area contributed by atoms with E-state index in [0.29, 0.717) is 10.8 Å². The second kappa shape index (κ2) is 7.73. The third-order valence-corrected chi connectivity index (χ3v) is 5.58. The second-order valence-electron chi connectivity index (χ2n) is 6.41. The van der Waals surface area contributed by atoms with Gasteiger partial charge in [0.1, 0.15) is 5.82 Å². The molecule has 0 saturated heterocycles. The number of halogens is 1. The summed E-state index contributed by atoms with van der Waals surface area (Å²) in [6.07, 6.45) is 1.15. The Kier molecular flexibility index (Phi) is 5.53. The Morgan fingerprint density at radius 1 is 1.11 bits per heavy atom. The predicted octanol–water partition coefficient (Wildman–Crippen LogP) is 3.12. The van der Waals surface area contributed by atoms with E-state index in [1.807, 2.05) is 0 Å². The Morgan fingerprint density at radius 2 is 1.71 bits per heavy atom. The molecule has 3 rings (SSSR count). The summed E-state index contributed by atoms with van der Waals surface area (Å²) in [5.74, 6) is 0.195. The summed E-state index contributed by atoms with van der Waals surface area (Å²) < 4.78 is 24.7. The summed E-state index contributed by atoms with van der Waals surface area (Å²) >= 11 is 5.90. The van der Waals surface area contributed by atoms with E-state index in [1.165, 1.54) is 12.1 Å². The van der Waals surface area contributed by atoms with Gasteiger partial charge in [-0.15, -0.1) is 5.10 Å². The largest absolute Gasteiger partial charge is 0.343 e. The van der Waals surface area contributed by atoms with Crippen molar-refractivity contribution in [1.82, 2.24) is 20.1 Å².